The summed E-state index contributed by atoms with van der Waals surface area (Å²) in [5.41, 5.74) is 0. The van der Waals surface area contributed by atoms with Gasteiger partial charge in [-0.25, -0.2) is 4.98 Å². The molecule has 0 spiro atoms. The van der Waals surface area contributed by atoms with Gasteiger partial charge in [-0.05, 0) is 12.1 Å². The van der Waals surface area contributed by atoms with Crippen LogP contribution in [0.5, 0.6) is 0 Å². The van der Waals surface area contributed by atoms with Crippen molar-refractivity contribution in [3.8, 4) is 0 Å². The van der Waals surface area contributed by atoms with Crippen LogP contribution < -0.4 is 10.2 Å². The summed E-state index contributed by atoms with van der Waals surface area (Å²) in [5, 5.41) is 3.32. The Kier molecular flexibility index (Phi) is 10.6. The zero-order chi connectivity index (χ0) is 12.9. The third-order valence-corrected chi connectivity index (χ3v) is 2.09. The number of anilines is 1. The molecule has 0 radical (unpaired) electrons. The van der Waals surface area contributed by atoms with E-state index in [1.54, 1.807) is 14.2 Å². The average Bonchev–Trinajstić information content (AvgIpc) is 2.44. The number of nitrogens with one attached hydrogen (secondary N) is 1. The van der Waals surface area contributed by atoms with Crippen LogP contribution in [0.15, 0.2) is 24.4 Å². The number of pyridine rings is 1. The Labute approximate surface area is 105 Å². The third kappa shape index (κ3) is 6.92. The average molecular weight is 239 g/mol. The van der Waals surface area contributed by atoms with Crippen LogP contribution in [0, 0.1) is 0 Å². The highest BCUT2D eigenvalue weighted by Crippen LogP contribution is 2.08. The summed E-state index contributed by atoms with van der Waals surface area (Å²) in [7, 11) is 3.25. The smallest absolute Gasteiger partial charge is 0.128 e. The Balaban J connectivity index is 0.000000450. The normalized spacial score (nSPS) is 14.0. The van der Waals surface area contributed by atoms with E-state index in [1.165, 1.54) is 0 Å². The molecule has 17 heavy (non-hydrogen) atoms. The number of rotatable bonds is 1. The molecule has 2 heterocycles. The van der Waals surface area contributed by atoms with Gasteiger partial charge in [0, 0.05) is 46.6 Å². The van der Waals surface area contributed by atoms with Crippen molar-refractivity contribution >= 4 is 5.82 Å². The van der Waals surface area contributed by atoms with E-state index in [1.807, 2.05) is 32.2 Å². The molecule has 0 bridgehead atoms. The van der Waals surface area contributed by atoms with Gasteiger partial charge in [0.1, 0.15) is 5.82 Å². The Morgan fingerprint density at radius 3 is 2.24 bits per heavy atom. The summed E-state index contributed by atoms with van der Waals surface area (Å²) in [4.78, 5) is 6.60. The highest BCUT2D eigenvalue weighted by atomic mass is 16.4. The molecular weight excluding hydrogens is 214 g/mol. The fraction of sp³-hybridized carbons (Fsp3) is 0.615. The third-order valence-electron chi connectivity index (χ3n) is 2.09. The molecule has 1 saturated heterocycles. The number of methoxy groups -OCH3 is 1. The van der Waals surface area contributed by atoms with Gasteiger partial charge in [0.15, 0.2) is 0 Å². The van der Waals surface area contributed by atoms with Gasteiger partial charge in [-0.1, -0.05) is 19.9 Å². The van der Waals surface area contributed by atoms with Gasteiger partial charge in [0.25, 0.3) is 0 Å². The van der Waals surface area contributed by atoms with Gasteiger partial charge >= 0.3 is 0 Å². The molecule has 1 aliphatic heterocycles. The Bertz CT molecular complexity index is 248. The van der Waals surface area contributed by atoms with Crippen LogP contribution in [0.3, 0.4) is 0 Å². The molecule has 0 aliphatic carbocycles. The molecule has 98 valence electrons. The summed E-state index contributed by atoms with van der Waals surface area (Å²) in [5.74, 6) is 1.10. The van der Waals surface area contributed by atoms with Crippen molar-refractivity contribution in [3.63, 3.8) is 0 Å². The van der Waals surface area contributed by atoms with E-state index in [2.05, 4.69) is 26.0 Å². The van der Waals surface area contributed by atoms with Crippen molar-refractivity contribution in [2.45, 2.75) is 13.8 Å². The predicted molar refractivity (Wildman–Crippen MR) is 73.6 cm³/mol. The molecular formula is C13H25N3O. The predicted octanol–water partition coefficient (Wildman–Crippen LogP) is 1.78. The van der Waals surface area contributed by atoms with Crippen LogP contribution in [0.4, 0.5) is 5.82 Å². The monoisotopic (exact) mass is 239 g/mol. The fourth-order valence-electron chi connectivity index (χ4n) is 1.43. The standard InChI is InChI=1S/C9H13N3.C2H6O.C2H6/c1-2-4-11-9(3-1)12-7-5-10-6-8-12;1-3-2;1-2/h1-4,10H,5-8H2;1-2H3;1-2H3. The molecule has 0 amide bonds. The molecule has 0 aromatic carbocycles. The second kappa shape index (κ2) is 11.4. The summed E-state index contributed by atoms with van der Waals surface area (Å²) in [6.45, 7) is 8.27. The van der Waals surface area contributed by atoms with Gasteiger partial charge in [-0.2, -0.15) is 0 Å². The molecule has 1 N–H and O–H groups in total. The van der Waals surface area contributed by atoms with E-state index in [-0.39, 0.29) is 0 Å². The van der Waals surface area contributed by atoms with Crippen molar-refractivity contribution in [3.05, 3.63) is 24.4 Å². The lowest BCUT2D eigenvalue weighted by atomic mass is 10.3. The number of ether oxygens (including phenoxy) is 1. The maximum absolute atomic E-state index is 4.30. The van der Waals surface area contributed by atoms with Gasteiger partial charge in [-0.15, -0.1) is 0 Å². The van der Waals surface area contributed by atoms with E-state index in [0.717, 1.165) is 32.0 Å². The quantitative estimate of drug-likeness (QED) is 0.810. The maximum Gasteiger partial charge on any atom is 0.128 e. The number of hydrogen-bond donors (Lipinski definition) is 1. The number of piperazine rings is 1. The first kappa shape index (κ1) is 15.9. The van der Waals surface area contributed by atoms with E-state index in [4.69, 9.17) is 0 Å². The van der Waals surface area contributed by atoms with E-state index in [0.29, 0.717) is 0 Å². The highest BCUT2D eigenvalue weighted by Gasteiger charge is 2.09. The SMILES string of the molecule is CC.COC.c1ccc(N2CCNCC2)nc1. The Hall–Kier alpha value is -1.13. The van der Waals surface area contributed by atoms with Crippen LogP contribution in [-0.2, 0) is 4.74 Å². The summed E-state index contributed by atoms with van der Waals surface area (Å²) in [6, 6.07) is 6.04. The lowest BCUT2D eigenvalue weighted by molar-refractivity contribution is 0.277. The van der Waals surface area contributed by atoms with Gasteiger partial charge < -0.3 is 15.0 Å². The lowest BCUT2D eigenvalue weighted by Gasteiger charge is -2.28. The number of nitrogens with zero attached hydrogens (tertiary/aromatic N) is 2. The first-order valence-electron chi connectivity index (χ1n) is 6.15. The zero-order valence-electron chi connectivity index (χ0n) is 11.4. The molecule has 0 unspecified atom stereocenters. The summed E-state index contributed by atoms with van der Waals surface area (Å²) < 4.78 is 4.25. The van der Waals surface area contributed by atoms with Crippen LogP contribution >= 0.6 is 0 Å². The Morgan fingerprint density at radius 2 is 1.76 bits per heavy atom. The van der Waals surface area contributed by atoms with Crippen molar-refractivity contribution in [2.75, 3.05) is 45.3 Å². The van der Waals surface area contributed by atoms with Crippen LogP contribution in [0.25, 0.3) is 0 Å². The Morgan fingerprint density at radius 1 is 1.18 bits per heavy atom. The van der Waals surface area contributed by atoms with Crippen LogP contribution in [-0.4, -0.2) is 45.4 Å². The molecule has 4 nitrogen and oxygen atoms in total. The largest absolute Gasteiger partial charge is 0.388 e. The van der Waals surface area contributed by atoms with Crippen LogP contribution in [0.2, 0.25) is 0 Å². The number of hydrogen-bond acceptors (Lipinski definition) is 4. The molecule has 0 saturated carbocycles. The molecule has 1 aromatic heterocycles. The minimum Gasteiger partial charge on any atom is -0.388 e. The zero-order valence-corrected chi connectivity index (χ0v) is 11.4. The summed E-state index contributed by atoms with van der Waals surface area (Å²) >= 11 is 0. The number of aromatic nitrogens is 1. The van der Waals surface area contributed by atoms with Gasteiger partial charge in [-0.3, -0.25) is 0 Å². The van der Waals surface area contributed by atoms with Crippen molar-refractivity contribution in [2.24, 2.45) is 0 Å². The first-order valence-corrected chi connectivity index (χ1v) is 6.15. The van der Waals surface area contributed by atoms with Crippen molar-refractivity contribution < 1.29 is 4.74 Å². The first-order chi connectivity index (χ1) is 8.38. The van der Waals surface area contributed by atoms with Crippen molar-refractivity contribution in [1.82, 2.24) is 10.3 Å². The molecule has 4 heteroatoms. The molecule has 1 aliphatic rings. The van der Waals surface area contributed by atoms with Crippen LogP contribution in [0.1, 0.15) is 13.8 Å². The topological polar surface area (TPSA) is 37.4 Å². The van der Waals surface area contributed by atoms with Gasteiger partial charge in [0.05, 0.1) is 0 Å². The molecule has 1 aromatic rings. The second-order valence-corrected chi connectivity index (χ2v) is 3.33. The molecule has 0 atom stereocenters. The fourth-order valence-corrected chi connectivity index (χ4v) is 1.43. The molecule has 2 rings (SSSR count). The minimum atomic E-state index is 1.07. The summed E-state index contributed by atoms with van der Waals surface area (Å²) in [6.07, 6.45) is 1.84. The minimum absolute atomic E-state index is 1.07. The van der Waals surface area contributed by atoms with E-state index < -0.39 is 0 Å². The highest BCUT2D eigenvalue weighted by molar-refractivity contribution is 5.38. The lowest BCUT2D eigenvalue weighted by Crippen LogP contribution is -2.43. The van der Waals surface area contributed by atoms with Gasteiger partial charge in [0.2, 0.25) is 0 Å². The maximum atomic E-state index is 4.30. The second-order valence-electron chi connectivity index (χ2n) is 3.33. The molecule has 1 fully saturated rings. The van der Waals surface area contributed by atoms with E-state index in [9.17, 15) is 0 Å². The van der Waals surface area contributed by atoms with Crippen molar-refractivity contribution in [1.29, 1.82) is 0 Å². The van der Waals surface area contributed by atoms with E-state index >= 15 is 0 Å².